The zero-order chi connectivity index (χ0) is 18.7. The number of ether oxygens (including phenoxy) is 1. The minimum absolute atomic E-state index is 0.101. The summed E-state index contributed by atoms with van der Waals surface area (Å²) in [5, 5.41) is 2.84. The van der Waals surface area contributed by atoms with Crippen molar-refractivity contribution in [2.24, 2.45) is 0 Å². The topological polar surface area (TPSA) is 68.3 Å². The van der Waals surface area contributed by atoms with Crippen LogP contribution in [0.25, 0.3) is 11.3 Å². The highest BCUT2D eigenvalue weighted by molar-refractivity contribution is 7.92. The third kappa shape index (κ3) is 4.05. The normalized spacial score (nSPS) is 11.3. The summed E-state index contributed by atoms with van der Waals surface area (Å²) in [7, 11) is -3.81. The molecule has 136 valence electrons. The fourth-order valence-corrected chi connectivity index (χ4v) is 4.41. The molecule has 0 saturated heterocycles. The zero-order valence-corrected chi connectivity index (χ0v) is 16.4. The van der Waals surface area contributed by atoms with Gasteiger partial charge in [-0.05, 0) is 56.7 Å². The predicted octanol–water partition coefficient (Wildman–Crippen LogP) is 4.63. The Kier molecular flexibility index (Phi) is 5.29. The van der Waals surface area contributed by atoms with Crippen LogP contribution in [0.1, 0.15) is 17.5 Å². The van der Waals surface area contributed by atoms with E-state index in [0.717, 1.165) is 21.8 Å². The summed E-state index contributed by atoms with van der Waals surface area (Å²) in [6.07, 6.45) is 0. The minimum Gasteiger partial charge on any atom is -0.492 e. The van der Waals surface area contributed by atoms with Crippen LogP contribution in [0.15, 0.2) is 52.7 Å². The molecule has 1 heterocycles. The quantitative estimate of drug-likeness (QED) is 0.669. The van der Waals surface area contributed by atoms with E-state index in [4.69, 9.17) is 4.74 Å². The van der Waals surface area contributed by atoms with Gasteiger partial charge in [0.1, 0.15) is 10.6 Å². The van der Waals surface area contributed by atoms with E-state index < -0.39 is 10.0 Å². The maximum atomic E-state index is 13.0. The summed E-state index contributed by atoms with van der Waals surface area (Å²) in [4.78, 5) is 4.54. The third-order valence-corrected chi connectivity index (χ3v) is 5.89. The predicted molar refractivity (Wildman–Crippen MR) is 105 cm³/mol. The van der Waals surface area contributed by atoms with Gasteiger partial charge in [-0.2, -0.15) is 0 Å². The lowest BCUT2D eigenvalue weighted by Crippen LogP contribution is -2.14. The number of anilines is 1. The Balaban J connectivity index is 2.05. The van der Waals surface area contributed by atoms with Crippen molar-refractivity contribution in [2.45, 2.75) is 25.7 Å². The molecule has 0 saturated carbocycles. The minimum atomic E-state index is -3.81. The summed E-state index contributed by atoms with van der Waals surface area (Å²) in [6.45, 7) is 6.03. The molecule has 2 aromatic carbocycles. The van der Waals surface area contributed by atoms with Crippen molar-refractivity contribution in [2.75, 3.05) is 11.3 Å². The molecule has 0 atom stereocenters. The number of hydrogen-bond acceptors (Lipinski definition) is 5. The molecule has 1 aromatic heterocycles. The number of aromatic nitrogens is 1. The molecule has 0 aliphatic rings. The number of sulfonamides is 1. The van der Waals surface area contributed by atoms with Crippen molar-refractivity contribution in [1.82, 2.24) is 4.98 Å². The van der Waals surface area contributed by atoms with Crippen molar-refractivity contribution in [3.05, 3.63) is 58.4 Å². The van der Waals surface area contributed by atoms with Crippen LogP contribution < -0.4 is 9.46 Å². The van der Waals surface area contributed by atoms with Gasteiger partial charge < -0.3 is 4.74 Å². The van der Waals surface area contributed by atoms with Crippen molar-refractivity contribution < 1.29 is 13.2 Å². The highest BCUT2D eigenvalue weighted by Gasteiger charge is 2.21. The number of rotatable bonds is 6. The Bertz CT molecular complexity index is 1030. The van der Waals surface area contributed by atoms with Gasteiger partial charge in [0.15, 0.2) is 0 Å². The average molecular weight is 389 g/mol. The van der Waals surface area contributed by atoms with Crippen molar-refractivity contribution >= 4 is 27.0 Å². The summed E-state index contributed by atoms with van der Waals surface area (Å²) in [5.41, 5.74) is 2.98. The molecule has 26 heavy (non-hydrogen) atoms. The Morgan fingerprint density at radius 1 is 1.15 bits per heavy atom. The third-order valence-electron chi connectivity index (χ3n) is 3.72. The van der Waals surface area contributed by atoms with E-state index in [0.29, 0.717) is 18.0 Å². The first-order valence-electron chi connectivity index (χ1n) is 8.18. The molecular formula is C19H20N2O3S2. The average Bonchev–Trinajstić information content (AvgIpc) is 3.01. The molecular weight excluding hydrogens is 368 g/mol. The van der Waals surface area contributed by atoms with E-state index in [1.54, 1.807) is 24.3 Å². The Labute approximate surface area is 157 Å². The van der Waals surface area contributed by atoms with Crippen molar-refractivity contribution in [3.8, 4) is 17.0 Å². The first kappa shape index (κ1) is 18.4. The van der Waals surface area contributed by atoms with E-state index >= 15 is 0 Å². The maximum absolute atomic E-state index is 13.0. The first-order chi connectivity index (χ1) is 12.4. The van der Waals surface area contributed by atoms with Crippen LogP contribution in [0.5, 0.6) is 5.75 Å². The van der Waals surface area contributed by atoms with Gasteiger partial charge in [0.2, 0.25) is 0 Å². The van der Waals surface area contributed by atoms with Gasteiger partial charge in [-0.25, -0.2) is 13.4 Å². The fourth-order valence-electron chi connectivity index (χ4n) is 2.57. The van der Waals surface area contributed by atoms with E-state index in [9.17, 15) is 8.42 Å². The molecule has 0 amide bonds. The van der Waals surface area contributed by atoms with E-state index in [-0.39, 0.29) is 4.90 Å². The number of hydrogen-bond donors (Lipinski definition) is 1. The van der Waals surface area contributed by atoms with Gasteiger partial charge in [-0.15, -0.1) is 11.3 Å². The van der Waals surface area contributed by atoms with Crippen LogP contribution in [0.2, 0.25) is 0 Å². The van der Waals surface area contributed by atoms with Gasteiger partial charge >= 0.3 is 0 Å². The highest BCUT2D eigenvalue weighted by Crippen LogP contribution is 2.32. The summed E-state index contributed by atoms with van der Waals surface area (Å²) >= 11 is 1.52. The molecule has 3 aromatic rings. The van der Waals surface area contributed by atoms with Gasteiger partial charge in [-0.1, -0.05) is 12.1 Å². The number of thiazole rings is 1. The van der Waals surface area contributed by atoms with Gasteiger partial charge in [0.05, 0.1) is 17.3 Å². The lowest BCUT2D eigenvalue weighted by molar-refractivity contribution is 0.331. The molecule has 0 aliphatic carbocycles. The molecule has 5 nitrogen and oxygen atoms in total. The Hall–Kier alpha value is -2.38. The van der Waals surface area contributed by atoms with Crippen molar-refractivity contribution in [1.29, 1.82) is 0 Å². The zero-order valence-electron chi connectivity index (χ0n) is 14.8. The molecule has 0 bridgehead atoms. The molecule has 0 fully saturated rings. The second-order valence-corrected chi connectivity index (χ2v) is 8.53. The highest BCUT2D eigenvalue weighted by atomic mass is 32.2. The van der Waals surface area contributed by atoms with Crippen LogP contribution >= 0.6 is 11.3 Å². The number of aryl methyl sites for hydroxylation is 2. The van der Waals surface area contributed by atoms with Crippen molar-refractivity contribution in [3.63, 3.8) is 0 Å². The van der Waals surface area contributed by atoms with Crippen LogP contribution in [0.3, 0.4) is 0 Å². The monoisotopic (exact) mass is 388 g/mol. The molecule has 0 spiro atoms. The van der Waals surface area contributed by atoms with Crippen LogP contribution in [0, 0.1) is 13.8 Å². The standard InChI is InChI=1S/C19H20N2O3S2/c1-4-24-18-9-8-15(17-12-25-14(3)20-17)11-19(18)26(22,23)21-16-7-5-6-13(2)10-16/h5-12,21H,4H2,1-3H3. The second kappa shape index (κ2) is 7.47. The van der Waals surface area contributed by atoms with Crippen LogP contribution in [0.4, 0.5) is 5.69 Å². The van der Waals surface area contributed by atoms with E-state index in [1.165, 1.54) is 11.3 Å². The summed E-state index contributed by atoms with van der Waals surface area (Å²) < 4.78 is 34.2. The maximum Gasteiger partial charge on any atom is 0.265 e. The van der Waals surface area contributed by atoms with Gasteiger partial charge in [0, 0.05) is 16.6 Å². The van der Waals surface area contributed by atoms with Crippen LogP contribution in [-0.2, 0) is 10.0 Å². The van der Waals surface area contributed by atoms with Crippen LogP contribution in [-0.4, -0.2) is 20.0 Å². The van der Waals surface area contributed by atoms with Gasteiger partial charge in [0.25, 0.3) is 10.0 Å². The lowest BCUT2D eigenvalue weighted by Gasteiger charge is -2.14. The summed E-state index contributed by atoms with van der Waals surface area (Å²) in [5.74, 6) is 0.323. The van der Waals surface area contributed by atoms with E-state index in [2.05, 4.69) is 9.71 Å². The largest absolute Gasteiger partial charge is 0.492 e. The smallest absolute Gasteiger partial charge is 0.265 e. The molecule has 1 N–H and O–H groups in total. The first-order valence-corrected chi connectivity index (χ1v) is 10.5. The SMILES string of the molecule is CCOc1ccc(-c2csc(C)n2)cc1S(=O)(=O)Nc1cccc(C)c1. The number of benzene rings is 2. The second-order valence-electron chi connectivity index (χ2n) is 5.82. The summed E-state index contributed by atoms with van der Waals surface area (Å²) in [6, 6.07) is 12.3. The Morgan fingerprint density at radius 3 is 2.62 bits per heavy atom. The Morgan fingerprint density at radius 2 is 1.96 bits per heavy atom. The van der Waals surface area contributed by atoms with E-state index in [1.807, 2.05) is 44.4 Å². The fraction of sp³-hybridized carbons (Fsp3) is 0.211. The number of nitrogens with one attached hydrogen (secondary N) is 1. The van der Waals surface area contributed by atoms with Gasteiger partial charge in [-0.3, -0.25) is 4.72 Å². The molecule has 0 unspecified atom stereocenters. The lowest BCUT2D eigenvalue weighted by atomic mass is 10.2. The molecule has 7 heteroatoms. The molecule has 0 radical (unpaired) electrons. The molecule has 0 aliphatic heterocycles. The number of nitrogens with zero attached hydrogens (tertiary/aromatic N) is 1. The molecule has 3 rings (SSSR count).